The van der Waals surface area contributed by atoms with Gasteiger partial charge in [-0.25, -0.2) is 0 Å². The lowest BCUT2D eigenvalue weighted by Crippen LogP contribution is -2.39. The van der Waals surface area contributed by atoms with E-state index in [2.05, 4.69) is 32.7 Å². The first-order valence-electron chi connectivity index (χ1n) is 5.47. The lowest BCUT2D eigenvalue weighted by molar-refractivity contribution is 0.132. The van der Waals surface area contributed by atoms with E-state index in [4.69, 9.17) is 10.2 Å². The molecule has 2 N–H and O–H groups in total. The molecule has 0 saturated carbocycles. The predicted octanol–water partition coefficient (Wildman–Crippen LogP) is 2.36. The Morgan fingerprint density at radius 1 is 1.47 bits per heavy atom. The predicted molar refractivity (Wildman–Crippen MR) is 62.4 cm³/mol. The Hall–Kier alpha value is -0.800. The van der Waals surface area contributed by atoms with Crippen LogP contribution in [0.1, 0.15) is 38.5 Å². The molecule has 0 unspecified atom stereocenters. The second kappa shape index (κ2) is 4.81. The van der Waals surface area contributed by atoms with Crippen LogP contribution >= 0.6 is 0 Å². The van der Waals surface area contributed by atoms with Crippen molar-refractivity contribution in [1.82, 2.24) is 4.90 Å². The van der Waals surface area contributed by atoms with Crippen LogP contribution in [0.15, 0.2) is 16.7 Å². The molecule has 15 heavy (non-hydrogen) atoms. The summed E-state index contributed by atoms with van der Waals surface area (Å²) < 4.78 is 5.44. The highest BCUT2D eigenvalue weighted by atomic mass is 16.3. The summed E-state index contributed by atoms with van der Waals surface area (Å²) in [6.07, 6.45) is 2.83. The van der Waals surface area contributed by atoms with Crippen LogP contribution in [-0.4, -0.2) is 17.5 Å². The Kier molecular flexibility index (Phi) is 3.94. The highest BCUT2D eigenvalue weighted by Crippen LogP contribution is 2.21. The van der Waals surface area contributed by atoms with E-state index in [0.717, 1.165) is 24.3 Å². The first-order valence-corrected chi connectivity index (χ1v) is 5.47. The van der Waals surface area contributed by atoms with Crippen LogP contribution < -0.4 is 5.73 Å². The van der Waals surface area contributed by atoms with Gasteiger partial charge >= 0.3 is 0 Å². The van der Waals surface area contributed by atoms with Gasteiger partial charge in [0.25, 0.3) is 0 Å². The number of hydrogen-bond acceptors (Lipinski definition) is 3. The van der Waals surface area contributed by atoms with Gasteiger partial charge in [0, 0.05) is 17.6 Å². The van der Waals surface area contributed by atoms with Crippen molar-refractivity contribution in [3.8, 4) is 0 Å². The molecule has 86 valence electrons. The van der Waals surface area contributed by atoms with E-state index in [1.807, 2.05) is 6.07 Å². The van der Waals surface area contributed by atoms with E-state index in [9.17, 15) is 0 Å². The van der Waals surface area contributed by atoms with Crippen LogP contribution in [0.2, 0.25) is 0 Å². The SMILES string of the molecule is CCC(C)(C)N(C)Cc1occc1CN. The fraction of sp³-hybridized carbons (Fsp3) is 0.667. The van der Waals surface area contributed by atoms with Crippen molar-refractivity contribution < 1.29 is 4.42 Å². The van der Waals surface area contributed by atoms with Crippen LogP contribution in [0.25, 0.3) is 0 Å². The Labute approximate surface area is 92.2 Å². The second-order valence-corrected chi connectivity index (χ2v) is 4.60. The summed E-state index contributed by atoms with van der Waals surface area (Å²) in [6.45, 7) is 8.03. The summed E-state index contributed by atoms with van der Waals surface area (Å²) in [5, 5.41) is 0. The van der Waals surface area contributed by atoms with Gasteiger partial charge in [0.1, 0.15) is 5.76 Å². The normalized spacial score (nSPS) is 12.4. The third kappa shape index (κ3) is 2.83. The van der Waals surface area contributed by atoms with Crippen LogP contribution in [0.3, 0.4) is 0 Å². The van der Waals surface area contributed by atoms with Crippen LogP contribution in [0, 0.1) is 0 Å². The molecule has 1 aromatic heterocycles. The van der Waals surface area contributed by atoms with Crippen molar-refractivity contribution in [1.29, 1.82) is 0 Å². The molecule has 0 aliphatic carbocycles. The van der Waals surface area contributed by atoms with Crippen LogP contribution in [-0.2, 0) is 13.1 Å². The monoisotopic (exact) mass is 210 g/mol. The van der Waals surface area contributed by atoms with Crippen LogP contribution in [0.5, 0.6) is 0 Å². The molecule has 0 bridgehead atoms. The highest BCUT2D eigenvalue weighted by Gasteiger charge is 2.22. The van der Waals surface area contributed by atoms with Gasteiger partial charge in [0.05, 0.1) is 12.8 Å². The standard InChI is InChI=1S/C12H22N2O/c1-5-12(2,3)14(4)9-11-10(8-13)6-7-15-11/h6-7H,5,8-9,13H2,1-4H3. The van der Waals surface area contributed by atoms with E-state index in [1.54, 1.807) is 6.26 Å². The van der Waals surface area contributed by atoms with Crippen molar-refractivity contribution in [3.63, 3.8) is 0 Å². The molecular weight excluding hydrogens is 188 g/mol. The molecule has 1 heterocycles. The molecule has 0 atom stereocenters. The minimum atomic E-state index is 0.193. The van der Waals surface area contributed by atoms with Gasteiger partial charge in [-0.15, -0.1) is 0 Å². The van der Waals surface area contributed by atoms with Crippen molar-refractivity contribution in [2.75, 3.05) is 7.05 Å². The summed E-state index contributed by atoms with van der Waals surface area (Å²) in [4.78, 5) is 2.30. The zero-order valence-electron chi connectivity index (χ0n) is 10.2. The van der Waals surface area contributed by atoms with Gasteiger partial charge in [-0.3, -0.25) is 4.90 Å². The summed E-state index contributed by atoms with van der Waals surface area (Å²) >= 11 is 0. The number of nitrogens with two attached hydrogens (primary N) is 1. The summed E-state index contributed by atoms with van der Waals surface area (Å²) in [7, 11) is 2.12. The van der Waals surface area contributed by atoms with Gasteiger partial charge < -0.3 is 10.2 Å². The van der Waals surface area contributed by atoms with Crippen molar-refractivity contribution >= 4 is 0 Å². The van der Waals surface area contributed by atoms with Crippen molar-refractivity contribution in [2.24, 2.45) is 5.73 Å². The van der Waals surface area contributed by atoms with Gasteiger partial charge in [-0.05, 0) is 33.4 Å². The van der Waals surface area contributed by atoms with E-state index >= 15 is 0 Å². The van der Waals surface area contributed by atoms with Gasteiger partial charge in [0.15, 0.2) is 0 Å². The van der Waals surface area contributed by atoms with Gasteiger partial charge in [0.2, 0.25) is 0 Å². The molecule has 3 heteroatoms. The maximum Gasteiger partial charge on any atom is 0.122 e. The number of hydrogen-bond donors (Lipinski definition) is 1. The third-order valence-electron chi connectivity index (χ3n) is 3.34. The maximum absolute atomic E-state index is 5.63. The summed E-state index contributed by atoms with van der Waals surface area (Å²) in [5.41, 5.74) is 6.93. The fourth-order valence-electron chi connectivity index (χ4n) is 1.39. The quantitative estimate of drug-likeness (QED) is 0.811. The van der Waals surface area contributed by atoms with E-state index < -0.39 is 0 Å². The summed E-state index contributed by atoms with van der Waals surface area (Å²) in [6, 6.07) is 1.95. The van der Waals surface area contributed by atoms with Gasteiger partial charge in [-0.1, -0.05) is 6.92 Å². The zero-order valence-corrected chi connectivity index (χ0v) is 10.2. The van der Waals surface area contributed by atoms with Crippen LogP contribution in [0.4, 0.5) is 0 Å². The molecular formula is C12H22N2O. The molecule has 0 aliphatic heterocycles. The molecule has 0 radical (unpaired) electrons. The Balaban J connectivity index is 2.70. The molecule has 1 rings (SSSR count). The molecule has 0 saturated heterocycles. The number of furan rings is 1. The molecule has 0 fully saturated rings. The first kappa shape index (κ1) is 12.3. The molecule has 1 aromatic rings. The zero-order chi connectivity index (χ0) is 11.5. The second-order valence-electron chi connectivity index (χ2n) is 4.60. The van der Waals surface area contributed by atoms with Crippen molar-refractivity contribution in [3.05, 3.63) is 23.7 Å². The Morgan fingerprint density at radius 3 is 2.67 bits per heavy atom. The fourth-order valence-corrected chi connectivity index (χ4v) is 1.39. The number of nitrogens with zero attached hydrogens (tertiary/aromatic N) is 1. The lowest BCUT2D eigenvalue weighted by Gasteiger charge is -2.34. The third-order valence-corrected chi connectivity index (χ3v) is 3.34. The molecule has 3 nitrogen and oxygen atoms in total. The highest BCUT2D eigenvalue weighted by molar-refractivity contribution is 5.16. The Bertz CT molecular complexity index is 304. The molecule has 0 aromatic carbocycles. The van der Waals surface area contributed by atoms with E-state index in [1.165, 1.54) is 0 Å². The average Bonchev–Trinajstić information content (AvgIpc) is 2.65. The van der Waals surface area contributed by atoms with Gasteiger partial charge in [-0.2, -0.15) is 0 Å². The maximum atomic E-state index is 5.63. The Morgan fingerprint density at radius 2 is 2.13 bits per heavy atom. The molecule has 0 aliphatic rings. The first-order chi connectivity index (χ1) is 7.01. The molecule has 0 spiro atoms. The minimum absolute atomic E-state index is 0.193. The number of rotatable bonds is 5. The topological polar surface area (TPSA) is 42.4 Å². The summed E-state index contributed by atoms with van der Waals surface area (Å²) in [5.74, 6) is 0.988. The lowest BCUT2D eigenvalue weighted by atomic mass is 10.00. The molecule has 0 amide bonds. The smallest absolute Gasteiger partial charge is 0.122 e. The van der Waals surface area contributed by atoms with Crippen molar-refractivity contribution in [2.45, 2.75) is 45.8 Å². The van der Waals surface area contributed by atoms with E-state index in [0.29, 0.717) is 6.54 Å². The average molecular weight is 210 g/mol. The minimum Gasteiger partial charge on any atom is -0.468 e. The van der Waals surface area contributed by atoms with E-state index in [-0.39, 0.29) is 5.54 Å². The largest absolute Gasteiger partial charge is 0.468 e.